The molecule has 1 aliphatic rings. The Bertz CT molecular complexity index is 398. The number of anilines is 2. The number of nitrogens with two attached hydrogens (primary N) is 1. The third kappa shape index (κ3) is 3.09. The first-order chi connectivity index (χ1) is 8.56. The van der Waals surface area contributed by atoms with Gasteiger partial charge in [0, 0.05) is 19.5 Å². The summed E-state index contributed by atoms with van der Waals surface area (Å²) >= 11 is 0. The van der Waals surface area contributed by atoms with Gasteiger partial charge in [0.25, 0.3) is 0 Å². The van der Waals surface area contributed by atoms with Crippen molar-refractivity contribution in [3.8, 4) is 0 Å². The van der Waals surface area contributed by atoms with Gasteiger partial charge in [-0.1, -0.05) is 26.7 Å². The molecule has 0 aliphatic heterocycles. The van der Waals surface area contributed by atoms with E-state index in [9.17, 15) is 0 Å². The van der Waals surface area contributed by atoms with Crippen molar-refractivity contribution in [2.24, 2.45) is 5.92 Å². The van der Waals surface area contributed by atoms with E-state index in [1.54, 1.807) is 0 Å². The van der Waals surface area contributed by atoms with E-state index in [2.05, 4.69) is 40.7 Å². The van der Waals surface area contributed by atoms with E-state index >= 15 is 0 Å². The minimum Gasteiger partial charge on any atom is -0.368 e. The molecule has 5 nitrogen and oxygen atoms in total. The molecule has 1 saturated carbocycles. The molecule has 1 aliphatic carbocycles. The Labute approximate surface area is 109 Å². The van der Waals surface area contributed by atoms with Crippen molar-refractivity contribution in [2.75, 3.05) is 17.7 Å². The molecule has 0 unspecified atom stereocenters. The zero-order valence-electron chi connectivity index (χ0n) is 11.6. The van der Waals surface area contributed by atoms with Gasteiger partial charge in [0.2, 0.25) is 11.9 Å². The highest BCUT2D eigenvalue weighted by Crippen LogP contribution is 2.25. The summed E-state index contributed by atoms with van der Waals surface area (Å²) in [7, 11) is 2.06. The zero-order chi connectivity index (χ0) is 13.1. The average molecular weight is 249 g/mol. The number of hydrogen-bond acceptors (Lipinski definition) is 5. The van der Waals surface area contributed by atoms with E-state index in [-0.39, 0.29) is 0 Å². The van der Waals surface area contributed by atoms with Gasteiger partial charge in [-0.3, -0.25) is 0 Å². The Balaban J connectivity index is 2.18. The standard InChI is InChI=1S/C13H23N5/c1-9(2)8-11-15-12(14)17-13(16-11)18(3)10-6-4-5-7-10/h9-10H,4-8H2,1-3H3,(H2,14,15,16,17). The second kappa shape index (κ2) is 5.50. The number of nitrogens with zero attached hydrogens (tertiary/aromatic N) is 4. The summed E-state index contributed by atoms with van der Waals surface area (Å²) in [4.78, 5) is 15.2. The van der Waals surface area contributed by atoms with Crippen LogP contribution in [0, 0.1) is 5.92 Å². The molecule has 1 aromatic rings. The summed E-state index contributed by atoms with van der Waals surface area (Å²) in [5.41, 5.74) is 5.78. The second-order valence-electron chi connectivity index (χ2n) is 5.56. The van der Waals surface area contributed by atoms with E-state index in [0.717, 1.165) is 18.2 Å². The molecule has 2 N–H and O–H groups in total. The van der Waals surface area contributed by atoms with Gasteiger partial charge in [0.15, 0.2) is 0 Å². The predicted octanol–water partition coefficient (Wildman–Crippen LogP) is 2.03. The summed E-state index contributed by atoms with van der Waals surface area (Å²) < 4.78 is 0. The van der Waals surface area contributed by atoms with Crippen LogP contribution in [0.25, 0.3) is 0 Å². The van der Waals surface area contributed by atoms with Gasteiger partial charge in [-0.2, -0.15) is 15.0 Å². The van der Waals surface area contributed by atoms with Crippen LogP contribution >= 0.6 is 0 Å². The fourth-order valence-corrected chi connectivity index (χ4v) is 2.49. The van der Waals surface area contributed by atoms with Crippen LogP contribution in [0.5, 0.6) is 0 Å². The lowest BCUT2D eigenvalue weighted by Crippen LogP contribution is -2.31. The molecule has 1 aromatic heterocycles. The predicted molar refractivity (Wildman–Crippen MR) is 73.4 cm³/mol. The molecular formula is C13H23N5. The average Bonchev–Trinajstić information content (AvgIpc) is 2.79. The highest BCUT2D eigenvalue weighted by atomic mass is 15.3. The monoisotopic (exact) mass is 249 g/mol. The van der Waals surface area contributed by atoms with Crippen LogP contribution in [0.4, 0.5) is 11.9 Å². The maximum atomic E-state index is 5.78. The zero-order valence-corrected chi connectivity index (χ0v) is 11.6. The summed E-state index contributed by atoms with van der Waals surface area (Å²) in [5, 5.41) is 0. The molecule has 0 saturated heterocycles. The fraction of sp³-hybridized carbons (Fsp3) is 0.769. The molecule has 0 atom stereocenters. The Morgan fingerprint density at radius 3 is 2.50 bits per heavy atom. The van der Waals surface area contributed by atoms with E-state index in [4.69, 9.17) is 5.73 Å². The highest BCUT2D eigenvalue weighted by Gasteiger charge is 2.22. The molecule has 0 bridgehead atoms. The van der Waals surface area contributed by atoms with Gasteiger partial charge in [-0.05, 0) is 18.8 Å². The number of nitrogen functional groups attached to an aromatic ring is 1. The van der Waals surface area contributed by atoms with E-state index in [1.807, 2.05) is 0 Å². The molecule has 18 heavy (non-hydrogen) atoms. The van der Waals surface area contributed by atoms with Crippen molar-refractivity contribution < 1.29 is 0 Å². The molecule has 1 fully saturated rings. The minimum absolute atomic E-state index is 0.334. The van der Waals surface area contributed by atoms with Crippen molar-refractivity contribution >= 4 is 11.9 Å². The van der Waals surface area contributed by atoms with Crippen molar-refractivity contribution in [1.82, 2.24) is 15.0 Å². The molecule has 0 amide bonds. The highest BCUT2D eigenvalue weighted by molar-refractivity contribution is 5.35. The van der Waals surface area contributed by atoms with Gasteiger partial charge in [-0.25, -0.2) is 0 Å². The Morgan fingerprint density at radius 2 is 1.89 bits per heavy atom. The molecule has 5 heteroatoms. The maximum Gasteiger partial charge on any atom is 0.230 e. The van der Waals surface area contributed by atoms with Gasteiger partial charge in [-0.15, -0.1) is 0 Å². The molecule has 0 spiro atoms. The van der Waals surface area contributed by atoms with Crippen molar-refractivity contribution in [3.63, 3.8) is 0 Å². The van der Waals surface area contributed by atoms with Crippen LogP contribution in [-0.4, -0.2) is 28.0 Å². The molecule has 0 radical (unpaired) electrons. The molecule has 1 heterocycles. The van der Waals surface area contributed by atoms with Crippen molar-refractivity contribution in [1.29, 1.82) is 0 Å². The summed E-state index contributed by atoms with van der Waals surface area (Å²) in [6.07, 6.45) is 5.89. The van der Waals surface area contributed by atoms with Crippen LogP contribution in [0.15, 0.2) is 0 Å². The summed E-state index contributed by atoms with van der Waals surface area (Å²) in [6.45, 7) is 4.31. The van der Waals surface area contributed by atoms with E-state index < -0.39 is 0 Å². The lowest BCUT2D eigenvalue weighted by Gasteiger charge is -2.24. The maximum absolute atomic E-state index is 5.78. The smallest absolute Gasteiger partial charge is 0.230 e. The van der Waals surface area contributed by atoms with Crippen LogP contribution in [-0.2, 0) is 6.42 Å². The van der Waals surface area contributed by atoms with Crippen LogP contribution < -0.4 is 10.6 Å². The largest absolute Gasteiger partial charge is 0.368 e. The van der Waals surface area contributed by atoms with Crippen molar-refractivity contribution in [2.45, 2.75) is 52.0 Å². The SMILES string of the molecule is CC(C)Cc1nc(N)nc(N(C)C2CCCC2)n1. The topological polar surface area (TPSA) is 67.9 Å². The minimum atomic E-state index is 0.334. The first-order valence-electron chi connectivity index (χ1n) is 6.79. The first-order valence-corrected chi connectivity index (χ1v) is 6.79. The summed E-state index contributed by atoms with van der Waals surface area (Å²) in [5.74, 6) is 2.39. The van der Waals surface area contributed by atoms with Gasteiger partial charge >= 0.3 is 0 Å². The van der Waals surface area contributed by atoms with Crippen LogP contribution in [0.2, 0.25) is 0 Å². The number of rotatable bonds is 4. The molecule has 0 aromatic carbocycles. The first kappa shape index (κ1) is 13.1. The van der Waals surface area contributed by atoms with E-state index in [1.165, 1.54) is 25.7 Å². The third-order valence-corrected chi connectivity index (χ3v) is 3.47. The fourth-order valence-electron chi connectivity index (χ4n) is 2.49. The lowest BCUT2D eigenvalue weighted by atomic mass is 10.1. The number of aromatic nitrogens is 3. The molecular weight excluding hydrogens is 226 g/mol. The van der Waals surface area contributed by atoms with Gasteiger partial charge in [0.05, 0.1) is 0 Å². The Hall–Kier alpha value is -1.39. The second-order valence-corrected chi connectivity index (χ2v) is 5.56. The Morgan fingerprint density at radius 1 is 1.22 bits per heavy atom. The van der Waals surface area contributed by atoms with Crippen molar-refractivity contribution in [3.05, 3.63) is 5.82 Å². The van der Waals surface area contributed by atoms with Crippen LogP contribution in [0.3, 0.4) is 0 Å². The van der Waals surface area contributed by atoms with Crippen LogP contribution in [0.1, 0.15) is 45.4 Å². The van der Waals surface area contributed by atoms with Gasteiger partial charge in [0.1, 0.15) is 5.82 Å². The molecule has 100 valence electrons. The quantitative estimate of drug-likeness (QED) is 0.884. The third-order valence-electron chi connectivity index (χ3n) is 3.47. The summed E-state index contributed by atoms with van der Waals surface area (Å²) in [6, 6.07) is 0.554. The lowest BCUT2D eigenvalue weighted by molar-refractivity contribution is 0.605. The Kier molecular flexibility index (Phi) is 3.99. The molecule has 2 rings (SSSR count). The number of hydrogen-bond donors (Lipinski definition) is 1. The van der Waals surface area contributed by atoms with Gasteiger partial charge < -0.3 is 10.6 Å². The van der Waals surface area contributed by atoms with E-state index in [0.29, 0.717) is 17.9 Å². The normalized spacial score (nSPS) is 16.4.